The Bertz CT molecular complexity index is 390. The molecule has 4 N–H and O–H groups in total. The van der Waals surface area contributed by atoms with Crippen molar-refractivity contribution >= 4 is 17.5 Å². The van der Waals surface area contributed by atoms with Crippen molar-refractivity contribution in [1.82, 2.24) is 0 Å². The minimum absolute atomic E-state index is 0.177. The Balaban J connectivity index is 2.01. The van der Waals surface area contributed by atoms with Crippen LogP contribution < -0.4 is 11.5 Å². The third-order valence-corrected chi connectivity index (χ3v) is 3.26. The van der Waals surface area contributed by atoms with Crippen molar-refractivity contribution in [3.8, 4) is 0 Å². The highest BCUT2D eigenvalue weighted by Gasteiger charge is 2.55. The van der Waals surface area contributed by atoms with Gasteiger partial charge in [-0.3, -0.25) is 4.79 Å². The zero-order valence-corrected chi connectivity index (χ0v) is 9.00. The highest BCUT2D eigenvalue weighted by Crippen LogP contribution is 2.43. The number of halogens is 1. The Morgan fingerprint density at radius 3 is 2.53 bits per heavy atom. The summed E-state index contributed by atoms with van der Waals surface area (Å²) in [6.45, 7) is 0. The number of carbonyl (C=O) groups is 1. The SMILES string of the molecule is NC(=O)C1(N)CC1Cc1ccc(Cl)cc1. The van der Waals surface area contributed by atoms with E-state index in [9.17, 15) is 4.79 Å². The topological polar surface area (TPSA) is 69.1 Å². The molecule has 0 saturated heterocycles. The van der Waals surface area contributed by atoms with E-state index in [0.29, 0.717) is 11.4 Å². The summed E-state index contributed by atoms with van der Waals surface area (Å²) in [6, 6.07) is 7.56. The van der Waals surface area contributed by atoms with Gasteiger partial charge in [0.2, 0.25) is 5.91 Å². The number of rotatable bonds is 3. The summed E-state index contributed by atoms with van der Waals surface area (Å²) in [4.78, 5) is 11.0. The molecule has 1 amide bonds. The largest absolute Gasteiger partial charge is 0.368 e. The quantitative estimate of drug-likeness (QED) is 0.807. The summed E-state index contributed by atoms with van der Waals surface area (Å²) in [5.41, 5.74) is 11.4. The van der Waals surface area contributed by atoms with Crippen molar-refractivity contribution < 1.29 is 4.79 Å². The zero-order valence-electron chi connectivity index (χ0n) is 8.24. The van der Waals surface area contributed by atoms with Gasteiger partial charge in [-0.25, -0.2) is 0 Å². The summed E-state index contributed by atoms with van der Waals surface area (Å²) in [5, 5.41) is 0.712. The van der Waals surface area contributed by atoms with Gasteiger partial charge in [0.05, 0.1) is 5.54 Å². The first kappa shape index (κ1) is 10.5. The fourth-order valence-corrected chi connectivity index (χ4v) is 1.94. The van der Waals surface area contributed by atoms with Crippen LogP contribution in [0.4, 0.5) is 0 Å². The van der Waals surface area contributed by atoms with Gasteiger partial charge in [-0.1, -0.05) is 23.7 Å². The number of benzene rings is 1. The van der Waals surface area contributed by atoms with Crippen LogP contribution in [0.15, 0.2) is 24.3 Å². The van der Waals surface area contributed by atoms with Crippen LogP contribution in [0.1, 0.15) is 12.0 Å². The molecule has 1 fully saturated rings. The Kier molecular flexibility index (Phi) is 2.44. The van der Waals surface area contributed by atoms with Crippen molar-refractivity contribution in [3.05, 3.63) is 34.9 Å². The van der Waals surface area contributed by atoms with E-state index >= 15 is 0 Å². The molecule has 2 rings (SSSR count). The van der Waals surface area contributed by atoms with Gasteiger partial charge in [-0.2, -0.15) is 0 Å². The molecule has 0 heterocycles. The second kappa shape index (κ2) is 3.51. The van der Waals surface area contributed by atoms with E-state index < -0.39 is 11.4 Å². The van der Waals surface area contributed by atoms with Crippen LogP contribution in [-0.2, 0) is 11.2 Å². The van der Waals surface area contributed by atoms with Crippen molar-refractivity contribution in [2.24, 2.45) is 17.4 Å². The zero-order chi connectivity index (χ0) is 11.1. The molecule has 1 aromatic rings. The molecule has 0 aromatic heterocycles. The van der Waals surface area contributed by atoms with Gasteiger partial charge in [0.25, 0.3) is 0 Å². The molecule has 4 heteroatoms. The van der Waals surface area contributed by atoms with Crippen molar-refractivity contribution in [2.75, 3.05) is 0 Å². The summed E-state index contributed by atoms with van der Waals surface area (Å²) in [5.74, 6) is -0.224. The fourth-order valence-electron chi connectivity index (χ4n) is 1.81. The van der Waals surface area contributed by atoms with Crippen LogP contribution in [0.5, 0.6) is 0 Å². The molecule has 1 saturated carbocycles. The van der Waals surface area contributed by atoms with Crippen molar-refractivity contribution in [1.29, 1.82) is 0 Å². The van der Waals surface area contributed by atoms with Crippen molar-refractivity contribution in [2.45, 2.75) is 18.4 Å². The van der Waals surface area contributed by atoms with E-state index in [4.69, 9.17) is 23.1 Å². The molecule has 0 radical (unpaired) electrons. The summed E-state index contributed by atoms with van der Waals surface area (Å²) in [6.07, 6.45) is 1.47. The van der Waals surface area contributed by atoms with Crippen LogP contribution >= 0.6 is 11.6 Å². The van der Waals surface area contributed by atoms with Gasteiger partial charge in [-0.15, -0.1) is 0 Å². The predicted molar refractivity (Wildman–Crippen MR) is 59.4 cm³/mol. The molecule has 1 aliphatic rings. The van der Waals surface area contributed by atoms with E-state index in [0.717, 1.165) is 12.0 Å². The van der Waals surface area contributed by atoms with Gasteiger partial charge in [0.15, 0.2) is 0 Å². The van der Waals surface area contributed by atoms with Gasteiger partial charge >= 0.3 is 0 Å². The Labute approximate surface area is 93.4 Å². The van der Waals surface area contributed by atoms with Gasteiger partial charge < -0.3 is 11.5 Å². The molecule has 80 valence electrons. The van der Waals surface area contributed by atoms with Crippen LogP contribution in [0.3, 0.4) is 0 Å². The smallest absolute Gasteiger partial charge is 0.237 e. The summed E-state index contributed by atoms with van der Waals surface area (Å²) < 4.78 is 0. The third-order valence-electron chi connectivity index (χ3n) is 3.01. The second-order valence-corrected chi connectivity index (χ2v) is 4.57. The number of nitrogens with two attached hydrogens (primary N) is 2. The van der Waals surface area contributed by atoms with Gasteiger partial charge in [-0.05, 0) is 36.5 Å². The molecule has 2 unspecified atom stereocenters. The van der Waals surface area contributed by atoms with E-state index in [1.165, 1.54) is 0 Å². The third kappa shape index (κ3) is 1.98. The summed E-state index contributed by atoms with van der Waals surface area (Å²) >= 11 is 5.77. The summed E-state index contributed by atoms with van der Waals surface area (Å²) in [7, 11) is 0. The number of hydrogen-bond acceptors (Lipinski definition) is 2. The van der Waals surface area contributed by atoms with Crippen molar-refractivity contribution in [3.63, 3.8) is 0 Å². The Hall–Kier alpha value is -1.06. The minimum atomic E-state index is -0.778. The second-order valence-electron chi connectivity index (χ2n) is 4.14. The fraction of sp³-hybridized carbons (Fsp3) is 0.364. The van der Waals surface area contributed by atoms with Gasteiger partial charge in [0, 0.05) is 5.02 Å². The van der Waals surface area contributed by atoms with Crippen LogP contribution in [0.25, 0.3) is 0 Å². The predicted octanol–water partition coefficient (Wildman–Crippen LogP) is 1.09. The lowest BCUT2D eigenvalue weighted by molar-refractivity contribution is -0.120. The lowest BCUT2D eigenvalue weighted by atomic mass is 10.1. The molecule has 0 spiro atoms. The molecule has 3 nitrogen and oxygen atoms in total. The van der Waals surface area contributed by atoms with Crippen LogP contribution in [0.2, 0.25) is 5.02 Å². The standard InChI is InChI=1S/C11H13ClN2O/c12-9-3-1-7(2-4-9)5-8-6-11(8,14)10(13)15/h1-4,8H,5-6,14H2,(H2,13,15). The number of amides is 1. The molecule has 2 atom stereocenters. The highest BCUT2D eigenvalue weighted by atomic mass is 35.5. The first-order valence-corrected chi connectivity index (χ1v) is 5.23. The maximum atomic E-state index is 11.0. The number of primary amides is 1. The average Bonchev–Trinajstić information content (AvgIpc) is 2.83. The normalized spacial score (nSPS) is 28.8. The Morgan fingerprint density at radius 2 is 2.07 bits per heavy atom. The molecular formula is C11H13ClN2O. The highest BCUT2D eigenvalue weighted by molar-refractivity contribution is 6.30. The molecular weight excluding hydrogens is 212 g/mol. The van der Waals surface area contributed by atoms with E-state index in [-0.39, 0.29) is 5.92 Å². The van der Waals surface area contributed by atoms with E-state index in [2.05, 4.69) is 0 Å². The molecule has 0 aliphatic heterocycles. The van der Waals surface area contributed by atoms with Crippen LogP contribution in [0, 0.1) is 5.92 Å². The monoisotopic (exact) mass is 224 g/mol. The molecule has 1 aliphatic carbocycles. The van der Waals surface area contributed by atoms with E-state index in [1.807, 2.05) is 24.3 Å². The lowest BCUT2D eigenvalue weighted by Crippen LogP contribution is -2.41. The van der Waals surface area contributed by atoms with Gasteiger partial charge in [0.1, 0.15) is 0 Å². The number of hydrogen-bond donors (Lipinski definition) is 2. The molecule has 15 heavy (non-hydrogen) atoms. The molecule has 0 bridgehead atoms. The lowest BCUT2D eigenvalue weighted by Gasteiger charge is -2.06. The first-order chi connectivity index (χ1) is 7.02. The number of carbonyl (C=O) groups excluding carboxylic acids is 1. The van der Waals surface area contributed by atoms with E-state index in [1.54, 1.807) is 0 Å². The van der Waals surface area contributed by atoms with Crippen LogP contribution in [-0.4, -0.2) is 11.4 Å². The maximum absolute atomic E-state index is 11.0. The average molecular weight is 225 g/mol. The Morgan fingerprint density at radius 1 is 1.47 bits per heavy atom. The first-order valence-electron chi connectivity index (χ1n) is 4.85. The minimum Gasteiger partial charge on any atom is -0.368 e. The maximum Gasteiger partial charge on any atom is 0.237 e. The molecule has 1 aromatic carbocycles.